The number of carbonyl (C=O) groups excluding carboxylic acids is 2. The molecule has 7 nitrogen and oxygen atoms in total. The number of thioether (sulfide) groups is 1. The molecule has 0 bridgehead atoms. The molecule has 33 heavy (non-hydrogen) atoms. The second kappa shape index (κ2) is 14.2. The number of hydrogen-bond acceptors (Lipinski definition) is 5. The molecule has 2 aromatic rings. The minimum Gasteiger partial charge on any atom is -0.494 e. The zero-order valence-corrected chi connectivity index (χ0v) is 19.9. The van der Waals surface area contributed by atoms with Crippen LogP contribution < -0.4 is 15.4 Å². The van der Waals surface area contributed by atoms with E-state index in [4.69, 9.17) is 4.74 Å². The van der Waals surface area contributed by atoms with E-state index in [1.165, 1.54) is 11.8 Å². The molecule has 0 saturated heterocycles. The molecule has 0 aliphatic carbocycles. The van der Waals surface area contributed by atoms with Crippen LogP contribution in [0.2, 0.25) is 0 Å². The molecular formula is C25H32N2O5S. The fraction of sp³-hybridized carbons (Fsp3) is 0.400. The Kier molecular flexibility index (Phi) is 11.3. The summed E-state index contributed by atoms with van der Waals surface area (Å²) in [7, 11) is 0. The van der Waals surface area contributed by atoms with Crippen LogP contribution in [-0.2, 0) is 16.0 Å². The molecule has 0 unspecified atom stereocenters. The molecule has 0 aromatic heterocycles. The smallest absolute Gasteiger partial charge is 0.326 e. The average molecular weight is 473 g/mol. The summed E-state index contributed by atoms with van der Waals surface area (Å²) in [4.78, 5) is 37.4. The quantitative estimate of drug-likeness (QED) is 0.363. The third-order valence-electron chi connectivity index (χ3n) is 5.01. The van der Waals surface area contributed by atoms with Crippen LogP contribution in [0.5, 0.6) is 5.75 Å². The van der Waals surface area contributed by atoms with Crippen LogP contribution in [0.3, 0.4) is 0 Å². The highest BCUT2D eigenvalue weighted by molar-refractivity contribution is 7.98. The lowest BCUT2D eigenvalue weighted by Gasteiger charge is -2.22. The van der Waals surface area contributed by atoms with Gasteiger partial charge in [0.15, 0.2) is 0 Å². The molecule has 2 atom stereocenters. The van der Waals surface area contributed by atoms with Crippen LogP contribution in [0.4, 0.5) is 0 Å². The van der Waals surface area contributed by atoms with Gasteiger partial charge in [0.05, 0.1) is 6.61 Å². The van der Waals surface area contributed by atoms with E-state index < -0.39 is 29.9 Å². The summed E-state index contributed by atoms with van der Waals surface area (Å²) in [5.41, 5.74) is 1.24. The van der Waals surface area contributed by atoms with Crippen molar-refractivity contribution >= 4 is 29.5 Å². The number of carbonyl (C=O) groups is 3. The van der Waals surface area contributed by atoms with Crippen LogP contribution in [0.15, 0.2) is 54.6 Å². The number of benzene rings is 2. The van der Waals surface area contributed by atoms with E-state index in [1.54, 1.807) is 24.3 Å². The van der Waals surface area contributed by atoms with Crippen molar-refractivity contribution in [2.75, 3.05) is 18.6 Å². The van der Waals surface area contributed by atoms with Crippen molar-refractivity contribution in [2.24, 2.45) is 0 Å². The van der Waals surface area contributed by atoms with E-state index in [0.29, 0.717) is 30.1 Å². The summed E-state index contributed by atoms with van der Waals surface area (Å²) in [5.74, 6) is -0.764. The first-order valence-electron chi connectivity index (χ1n) is 11.0. The van der Waals surface area contributed by atoms with Gasteiger partial charge in [0.25, 0.3) is 5.91 Å². The maximum atomic E-state index is 13.0. The highest BCUT2D eigenvalue weighted by Gasteiger charge is 2.27. The summed E-state index contributed by atoms with van der Waals surface area (Å²) < 4.78 is 5.62. The second-order valence-corrected chi connectivity index (χ2v) is 8.61. The number of aliphatic carboxylic acids is 1. The van der Waals surface area contributed by atoms with Gasteiger partial charge in [-0.1, -0.05) is 43.7 Å². The van der Waals surface area contributed by atoms with Crippen LogP contribution in [-0.4, -0.2) is 53.6 Å². The Bertz CT molecular complexity index is 889. The molecule has 0 saturated carbocycles. The lowest BCUT2D eigenvalue weighted by molar-refractivity contribution is -0.142. The molecule has 0 spiro atoms. The minimum absolute atomic E-state index is 0.242. The predicted molar refractivity (Wildman–Crippen MR) is 131 cm³/mol. The summed E-state index contributed by atoms with van der Waals surface area (Å²) in [5, 5.41) is 14.8. The van der Waals surface area contributed by atoms with Crippen LogP contribution >= 0.6 is 11.8 Å². The Balaban J connectivity index is 2.11. The van der Waals surface area contributed by atoms with E-state index in [1.807, 2.05) is 36.6 Å². The number of nitrogens with one attached hydrogen (secondary N) is 2. The number of carboxylic acid groups (broad SMARTS) is 1. The Morgan fingerprint density at radius 2 is 1.70 bits per heavy atom. The van der Waals surface area contributed by atoms with E-state index in [2.05, 4.69) is 17.6 Å². The topological polar surface area (TPSA) is 105 Å². The molecule has 0 aliphatic rings. The Hall–Kier alpha value is -3.00. The number of unbranched alkanes of at least 4 members (excludes halogenated alkanes) is 1. The van der Waals surface area contributed by atoms with E-state index >= 15 is 0 Å². The predicted octanol–water partition coefficient (Wildman–Crippen LogP) is 3.53. The lowest BCUT2D eigenvalue weighted by atomic mass is 10.0. The van der Waals surface area contributed by atoms with Crippen LogP contribution in [0, 0.1) is 0 Å². The number of rotatable bonds is 14. The maximum Gasteiger partial charge on any atom is 0.326 e. The van der Waals surface area contributed by atoms with E-state index in [-0.39, 0.29) is 6.42 Å². The van der Waals surface area contributed by atoms with Crippen molar-refractivity contribution in [3.8, 4) is 5.75 Å². The SMILES string of the molecule is CCCCOc1ccc(C(=O)N[C@H](Cc2ccccc2)C(=O)N[C@@H](CCSC)C(=O)O)cc1. The summed E-state index contributed by atoms with van der Waals surface area (Å²) in [6.45, 7) is 2.70. The monoisotopic (exact) mass is 472 g/mol. The molecule has 0 radical (unpaired) electrons. The van der Waals surface area contributed by atoms with Gasteiger partial charge >= 0.3 is 5.97 Å². The zero-order chi connectivity index (χ0) is 24.1. The average Bonchev–Trinajstić information content (AvgIpc) is 2.82. The van der Waals surface area contributed by atoms with Gasteiger partial charge in [0.1, 0.15) is 17.8 Å². The largest absolute Gasteiger partial charge is 0.494 e. The lowest BCUT2D eigenvalue weighted by Crippen LogP contribution is -2.52. The molecule has 2 rings (SSSR count). The van der Waals surface area contributed by atoms with Crippen molar-refractivity contribution in [3.05, 3.63) is 65.7 Å². The van der Waals surface area contributed by atoms with Gasteiger partial charge in [0, 0.05) is 12.0 Å². The van der Waals surface area contributed by atoms with Crippen molar-refractivity contribution in [1.29, 1.82) is 0 Å². The number of amides is 2. The molecule has 8 heteroatoms. The number of carboxylic acids is 1. The highest BCUT2D eigenvalue weighted by Crippen LogP contribution is 2.14. The van der Waals surface area contributed by atoms with E-state index in [0.717, 1.165) is 18.4 Å². The number of ether oxygens (including phenoxy) is 1. The van der Waals surface area contributed by atoms with E-state index in [9.17, 15) is 19.5 Å². The van der Waals surface area contributed by atoms with Gasteiger partial charge in [-0.15, -0.1) is 0 Å². The molecule has 0 aliphatic heterocycles. The van der Waals surface area contributed by atoms with Crippen LogP contribution in [0.25, 0.3) is 0 Å². The van der Waals surface area contributed by atoms with Gasteiger partial charge in [-0.2, -0.15) is 11.8 Å². The van der Waals surface area contributed by atoms with Crippen molar-refractivity contribution in [3.63, 3.8) is 0 Å². The molecule has 0 heterocycles. The first-order chi connectivity index (χ1) is 15.9. The Labute approximate surface area is 199 Å². The third-order valence-corrected chi connectivity index (χ3v) is 5.66. The maximum absolute atomic E-state index is 13.0. The molecular weight excluding hydrogens is 440 g/mol. The minimum atomic E-state index is -1.10. The van der Waals surface area contributed by atoms with Gasteiger partial charge in [-0.05, 0) is 54.7 Å². The van der Waals surface area contributed by atoms with Gasteiger partial charge < -0.3 is 20.5 Å². The Morgan fingerprint density at radius 3 is 2.30 bits per heavy atom. The second-order valence-electron chi connectivity index (χ2n) is 7.62. The summed E-state index contributed by atoms with van der Waals surface area (Å²) in [6, 6.07) is 14.1. The summed E-state index contributed by atoms with van der Waals surface area (Å²) in [6.07, 6.45) is 4.40. The van der Waals surface area contributed by atoms with Gasteiger partial charge in [-0.3, -0.25) is 9.59 Å². The van der Waals surface area contributed by atoms with Gasteiger partial charge in [0.2, 0.25) is 5.91 Å². The molecule has 2 aromatic carbocycles. The van der Waals surface area contributed by atoms with Crippen molar-refractivity contribution < 1.29 is 24.2 Å². The summed E-state index contributed by atoms with van der Waals surface area (Å²) >= 11 is 1.51. The van der Waals surface area contributed by atoms with Crippen LogP contribution in [0.1, 0.15) is 42.1 Å². The van der Waals surface area contributed by atoms with Gasteiger partial charge in [-0.25, -0.2) is 4.79 Å². The molecule has 2 amide bonds. The molecule has 0 fully saturated rings. The fourth-order valence-electron chi connectivity index (χ4n) is 3.10. The fourth-order valence-corrected chi connectivity index (χ4v) is 3.57. The zero-order valence-electron chi connectivity index (χ0n) is 19.1. The third kappa shape index (κ3) is 9.18. The standard InChI is InChI=1S/C25H32N2O5S/c1-3-4-15-32-20-12-10-19(11-13-20)23(28)27-22(17-18-8-6-5-7-9-18)24(29)26-21(25(30)31)14-16-33-2/h5-13,21-22H,3-4,14-17H2,1-2H3,(H,26,29)(H,27,28)(H,30,31)/t21-,22+/m0/s1. The first-order valence-corrected chi connectivity index (χ1v) is 12.4. The normalized spacial score (nSPS) is 12.4. The molecule has 3 N–H and O–H groups in total. The highest BCUT2D eigenvalue weighted by atomic mass is 32.2. The van der Waals surface area contributed by atoms with Crippen molar-refractivity contribution in [2.45, 2.75) is 44.7 Å². The number of hydrogen-bond donors (Lipinski definition) is 3. The molecule has 178 valence electrons. The van der Waals surface area contributed by atoms with Crippen molar-refractivity contribution in [1.82, 2.24) is 10.6 Å². The first kappa shape index (κ1) is 26.3. The Morgan fingerprint density at radius 1 is 1.00 bits per heavy atom.